The van der Waals surface area contributed by atoms with Gasteiger partial charge in [0, 0.05) is 6.61 Å². The predicted octanol–water partition coefficient (Wildman–Crippen LogP) is 5.71. The molecular weight excluding hydrogens is 436 g/mol. The van der Waals surface area contributed by atoms with Crippen molar-refractivity contribution >= 4 is 10.1 Å². The zero-order valence-electron chi connectivity index (χ0n) is 19.1. The molecule has 0 atom stereocenters. The van der Waals surface area contributed by atoms with Gasteiger partial charge in [-0.25, -0.2) is 0 Å². The number of ether oxygens (including phenoxy) is 2. The molecule has 3 aromatic rings. The average molecular weight is 469 g/mol. The molecule has 0 radical (unpaired) electrons. The molecule has 0 N–H and O–H groups in total. The van der Waals surface area contributed by atoms with Gasteiger partial charge in [-0.1, -0.05) is 60.2 Å². The fourth-order valence-corrected chi connectivity index (χ4v) is 4.18. The number of unbranched alkanes of at least 4 members (excludes halogenated alkanes) is 2. The van der Waals surface area contributed by atoms with Crippen molar-refractivity contribution in [3.8, 4) is 5.75 Å². The largest absolute Gasteiger partial charge is 0.494 e. The van der Waals surface area contributed by atoms with Gasteiger partial charge >= 0.3 is 0 Å². The lowest BCUT2D eigenvalue weighted by Gasteiger charge is -2.09. The van der Waals surface area contributed by atoms with E-state index >= 15 is 0 Å². The lowest BCUT2D eigenvalue weighted by Crippen LogP contribution is -2.09. The summed E-state index contributed by atoms with van der Waals surface area (Å²) in [6.07, 6.45) is 3.49. The van der Waals surface area contributed by atoms with Crippen molar-refractivity contribution in [3.05, 3.63) is 95.6 Å². The van der Waals surface area contributed by atoms with E-state index in [-0.39, 0.29) is 11.5 Å². The molecule has 0 spiro atoms. The molecule has 33 heavy (non-hydrogen) atoms. The van der Waals surface area contributed by atoms with Crippen molar-refractivity contribution in [2.24, 2.45) is 0 Å². The summed E-state index contributed by atoms with van der Waals surface area (Å²) in [5.41, 5.74) is 3.17. The summed E-state index contributed by atoms with van der Waals surface area (Å²) in [6.45, 7) is 4.03. The van der Waals surface area contributed by atoms with Gasteiger partial charge in [0.25, 0.3) is 10.1 Å². The van der Waals surface area contributed by atoms with E-state index in [1.165, 1.54) is 5.56 Å². The van der Waals surface area contributed by atoms with Crippen LogP contribution in [0.1, 0.15) is 36.0 Å². The van der Waals surface area contributed by atoms with Crippen LogP contribution < -0.4 is 4.74 Å². The summed E-state index contributed by atoms with van der Waals surface area (Å²) in [6, 6.07) is 24.5. The summed E-state index contributed by atoms with van der Waals surface area (Å²) in [5, 5.41) is 0. The summed E-state index contributed by atoms with van der Waals surface area (Å²) in [7, 11) is -3.74. The highest BCUT2D eigenvalue weighted by Crippen LogP contribution is 2.17. The standard InChI is InChI=1S/C27H32O5S/c1-23-13-15-27(16-14-23)33(28,29)32-20-17-24-11-8-12-26(21-24)31-19-7-3-6-18-30-22-25-9-4-2-5-10-25/h2,4-5,8-16,21H,3,6-7,17-20,22H2,1H3. The molecule has 0 heterocycles. The van der Waals surface area contributed by atoms with Gasteiger partial charge in [0.05, 0.1) is 24.7 Å². The maximum atomic E-state index is 12.3. The number of rotatable bonds is 14. The minimum atomic E-state index is -3.74. The van der Waals surface area contributed by atoms with Crippen LogP contribution in [0.15, 0.2) is 83.8 Å². The number of benzene rings is 3. The van der Waals surface area contributed by atoms with Gasteiger partial charge < -0.3 is 9.47 Å². The first-order valence-corrected chi connectivity index (χ1v) is 12.7. The van der Waals surface area contributed by atoms with E-state index in [0.717, 1.165) is 42.7 Å². The second kappa shape index (κ2) is 13.1. The molecule has 6 heteroatoms. The van der Waals surface area contributed by atoms with Crippen molar-refractivity contribution in [1.29, 1.82) is 0 Å². The van der Waals surface area contributed by atoms with Gasteiger partial charge in [0.2, 0.25) is 0 Å². The van der Waals surface area contributed by atoms with Crippen LogP contribution in [0.2, 0.25) is 0 Å². The first kappa shape index (κ1) is 25.0. The lowest BCUT2D eigenvalue weighted by atomic mass is 10.1. The van der Waals surface area contributed by atoms with Crippen molar-refractivity contribution < 1.29 is 22.1 Å². The van der Waals surface area contributed by atoms with Crippen LogP contribution in [-0.2, 0) is 32.1 Å². The molecule has 0 aliphatic carbocycles. The van der Waals surface area contributed by atoms with Gasteiger partial charge in [0.15, 0.2) is 0 Å². The Balaban J connectivity index is 1.30. The number of hydrogen-bond donors (Lipinski definition) is 0. The van der Waals surface area contributed by atoms with Gasteiger partial charge in [-0.05, 0) is 68.0 Å². The molecule has 176 valence electrons. The van der Waals surface area contributed by atoms with Gasteiger partial charge in [-0.15, -0.1) is 0 Å². The van der Waals surface area contributed by atoms with Crippen LogP contribution >= 0.6 is 0 Å². The van der Waals surface area contributed by atoms with E-state index < -0.39 is 10.1 Å². The van der Waals surface area contributed by atoms with Crippen LogP contribution in [0, 0.1) is 6.92 Å². The second-order valence-electron chi connectivity index (χ2n) is 7.93. The van der Waals surface area contributed by atoms with E-state index in [0.29, 0.717) is 19.6 Å². The first-order chi connectivity index (χ1) is 16.0. The minimum Gasteiger partial charge on any atom is -0.494 e. The van der Waals surface area contributed by atoms with Crippen molar-refractivity contribution in [3.63, 3.8) is 0 Å². The van der Waals surface area contributed by atoms with Crippen LogP contribution in [-0.4, -0.2) is 28.2 Å². The fourth-order valence-electron chi connectivity index (χ4n) is 3.27. The monoisotopic (exact) mass is 468 g/mol. The normalized spacial score (nSPS) is 11.4. The first-order valence-electron chi connectivity index (χ1n) is 11.3. The Kier molecular flexibility index (Phi) is 9.94. The highest BCUT2D eigenvalue weighted by atomic mass is 32.2. The second-order valence-corrected chi connectivity index (χ2v) is 9.55. The maximum Gasteiger partial charge on any atom is 0.296 e. The molecule has 0 amide bonds. The highest BCUT2D eigenvalue weighted by Gasteiger charge is 2.14. The Labute approximate surface area is 197 Å². The van der Waals surface area contributed by atoms with E-state index in [2.05, 4.69) is 12.1 Å². The van der Waals surface area contributed by atoms with E-state index in [1.807, 2.05) is 49.4 Å². The Morgan fingerprint density at radius 3 is 2.24 bits per heavy atom. The molecule has 0 saturated carbocycles. The van der Waals surface area contributed by atoms with Crippen LogP contribution in [0.3, 0.4) is 0 Å². The molecule has 0 saturated heterocycles. The molecule has 0 bridgehead atoms. The predicted molar refractivity (Wildman–Crippen MR) is 130 cm³/mol. The molecule has 0 aromatic heterocycles. The molecule has 0 aliphatic rings. The zero-order chi connectivity index (χ0) is 23.4. The highest BCUT2D eigenvalue weighted by molar-refractivity contribution is 7.86. The smallest absolute Gasteiger partial charge is 0.296 e. The van der Waals surface area contributed by atoms with Crippen LogP contribution in [0.4, 0.5) is 0 Å². The molecule has 5 nitrogen and oxygen atoms in total. The van der Waals surface area contributed by atoms with Crippen molar-refractivity contribution in [1.82, 2.24) is 0 Å². The molecule has 0 aliphatic heterocycles. The maximum absolute atomic E-state index is 12.3. The van der Waals surface area contributed by atoms with E-state index in [1.54, 1.807) is 24.3 Å². The Morgan fingerprint density at radius 1 is 0.727 bits per heavy atom. The van der Waals surface area contributed by atoms with Crippen molar-refractivity contribution in [2.45, 2.75) is 44.1 Å². The molecule has 3 rings (SSSR count). The summed E-state index contributed by atoms with van der Waals surface area (Å²) >= 11 is 0. The number of aryl methyl sites for hydroxylation is 1. The quantitative estimate of drug-likeness (QED) is 0.224. The Hall–Kier alpha value is -2.67. The average Bonchev–Trinajstić information content (AvgIpc) is 2.82. The molecule has 0 unspecified atom stereocenters. The van der Waals surface area contributed by atoms with Crippen molar-refractivity contribution in [2.75, 3.05) is 19.8 Å². The van der Waals surface area contributed by atoms with E-state index in [9.17, 15) is 8.42 Å². The number of hydrogen-bond acceptors (Lipinski definition) is 5. The third-order valence-electron chi connectivity index (χ3n) is 5.15. The SMILES string of the molecule is Cc1ccc(S(=O)(=O)OCCc2cccc(OCCCCCOCc3ccccc3)c2)cc1. The molecule has 0 fully saturated rings. The molecular formula is C27H32O5S. The topological polar surface area (TPSA) is 61.8 Å². The van der Waals surface area contributed by atoms with E-state index in [4.69, 9.17) is 13.7 Å². The Bertz CT molecular complexity index is 1060. The van der Waals surface area contributed by atoms with Gasteiger partial charge in [-0.3, -0.25) is 4.18 Å². The van der Waals surface area contributed by atoms with Crippen LogP contribution in [0.5, 0.6) is 5.75 Å². The van der Waals surface area contributed by atoms with Crippen LogP contribution in [0.25, 0.3) is 0 Å². The third-order valence-corrected chi connectivity index (χ3v) is 6.48. The lowest BCUT2D eigenvalue weighted by molar-refractivity contribution is 0.116. The minimum absolute atomic E-state index is 0.0860. The molecule has 3 aromatic carbocycles. The zero-order valence-corrected chi connectivity index (χ0v) is 19.9. The fraction of sp³-hybridized carbons (Fsp3) is 0.333. The summed E-state index contributed by atoms with van der Waals surface area (Å²) < 4.78 is 41.3. The van der Waals surface area contributed by atoms with Gasteiger partial charge in [-0.2, -0.15) is 8.42 Å². The van der Waals surface area contributed by atoms with Gasteiger partial charge in [0.1, 0.15) is 5.75 Å². The third kappa shape index (κ3) is 9.00. The summed E-state index contributed by atoms with van der Waals surface area (Å²) in [4.78, 5) is 0.177. The Morgan fingerprint density at radius 2 is 1.45 bits per heavy atom. The summed E-state index contributed by atoms with van der Waals surface area (Å²) in [5.74, 6) is 0.786.